The summed E-state index contributed by atoms with van der Waals surface area (Å²) < 4.78 is 5.25. The number of carbonyl (C=O) groups is 1. The van der Waals surface area contributed by atoms with Crippen LogP contribution in [0.25, 0.3) is 0 Å². The molecule has 96 valence electrons. The molecule has 0 radical (unpaired) electrons. The predicted octanol–water partition coefficient (Wildman–Crippen LogP) is 0.934. The molecular formula is C11H23ClN2O2. The summed E-state index contributed by atoms with van der Waals surface area (Å²) in [4.78, 5) is 11.6. The van der Waals surface area contributed by atoms with Crippen molar-refractivity contribution in [3.8, 4) is 0 Å². The van der Waals surface area contributed by atoms with Gasteiger partial charge in [-0.25, -0.2) is 0 Å². The number of nitrogens with two attached hydrogens (primary N) is 1. The second-order valence-corrected chi connectivity index (χ2v) is 4.57. The zero-order valence-corrected chi connectivity index (χ0v) is 10.9. The number of hydrogen-bond acceptors (Lipinski definition) is 3. The van der Waals surface area contributed by atoms with E-state index in [1.807, 2.05) is 13.8 Å². The molecule has 0 unspecified atom stereocenters. The van der Waals surface area contributed by atoms with Crippen molar-refractivity contribution in [1.29, 1.82) is 0 Å². The number of halogens is 1. The molecule has 0 spiro atoms. The number of nitrogens with one attached hydrogen (secondary N) is 1. The molecule has 0 aliphatic carbocycles. The summed E-state index contributed by atoms with van der Waals surface area (Å²) >= 11 is 0. The third kappa shape index (κ3) is 5.14. The summed E-state index contributed by atoms with van der Waals surface area (Å²) in [5, 5.41) is 2.91. The summed E-state index contributed by atoms with van der Waals surface area (Å²) in [6.07, 6.45) is 2.08. The Bertz CT molecular complexity index is 206. The molecule has 0 aromatic carbocycles. The molecule has 1 atom stereocenters. The number of ether oxygens (including phenoxy) is 1. The Labute approximate surface area is 104 Å². The zero-order chi connectivity index (χ0) is 11.3. The molecule has 0 aromatic rings. The quantitative estimate of drug-likeness (QED) is 0.780. The maximum absolute atomic E-state index is 11.6. The highest BCUT2D eigenvalue weighted by Gasteiger charge is 2.19. The lowest BCUT2D eigenvalue weighted by Crippen LogP contribution is -2.45. The van der Waals surface area contributed by atoms with Crippen LogP contribution in [-0.4, -0.2) is 31.7 Å². The summed E-state index contributed by atoms with van der Waals surface area (Å²) in [7, 11) is 0. The molecule has 1 saturated heterocycles. The molecule has 1 rings (SSSR count). The standard InChI is InChI=1S/C11H22N2O2.ClH/c1-8(2)10(12)11(14)13-7-9-3-5-15-6-4-9;/h8-10H,3-7,12H2,1-2H3,(H,13,14);1H/t10-;/m0./s1. The van der Waals surface area contributed by atoms with Gasteiger partial charge in [-0.05, 0) is 24.7 Å². The van der Waals surface area contributed by atoms with E-state index in [1.54, 1.807) is 0 Å². The zero-order valence-electron chi connectivity index (χ0n) is 10.1. The highest BCUT2D eigenvalue weighted by atomic mass is 35.5. The maximum atomic E-state index is 11.6. The van der Waals surface area contributed by atoms with Crippen molar-refractivity contribution in [3.63, 3.8) is 0 Å². The molecule has 1 aliphatic heterocycles. The van der Waals surface area contributed by atoms with E-state index in [0.717, 1.165) is 32.6 Å². The summed E-state index contributed by atoms with van der Waals surface area (Å²) in [6.45, 7) is 6.29. The second-order valence-electron chi connectivity index (χ2n) is 4.57. The first-order valence-electron chi connectivity index (χ1n) is 5.72. The van der Waals surface area contributed by atoms with Crippen LogP contribution in [0.3, 0.4) is 0 Å². The second kappa shape index (κ2) is 7.87. The Hall–Kier alpha value is -0.320. The Morgan fingerprint density at radius 2 is 2.00 bits per heavy atom. The lowest BCUT2D eigenvalue weighted by molar-refractivity contribution is -0.123. The Balaban J connectivity index is 0.00000225. The molecule has 4 nitrogen and oxygen atoms in total. The van der Waals surface area contributed by atoms with E-state index in [1.165, 1.54) is 0 Å². The van der Waals surface area contributed by atoms with E-state index in [-0.39, 0.29) is 30.3 Å². The first-order valence-corrected chi connectivity index (χ1v) is 5.72. The van der Waals surface area contributed by atoms with Gasteiger partial charge in [0.05, 0.1) is 6.04 Å². The SMILES string of the molecule is CC(C)[C@H](N)C(=O)NCC1CCOCC1.Cl. The van der Waals surface area contributed by atoms with Crippen molar-refractivity contribution in [2.75, 3.05) is 19.8 Å². The molecule has 3 N–H and O–H groups in total. The Morgan fingerprint density at radius 1 is 1.44 bits per heavy atom. The van der Waals surface area contributed by atoms with Gasteiger partial charge in [0, 0.05) is 19.8 Å². The van der Waals surface area contributed by atoms with Gasteiger partial charge in [-0.1, -0.05) is 13.8 Å². The molecule has 1 heterocycles. The minimum absolute atomic E-state index is 0. The normalized spacial score (nSPS) is 19.0. The molecule has 0 saturated carbocycles. The van der Waals surface area contributed by atoms with Crippen LogP contribution in [0.2, 0.25) is 0 Å². The van der Waals surface area contributed by atoms with E-state index >= 15 is 0 Å². The minimum Gasteiger partial charge on any atom is -0.381 e. The maximum Gasteiger partial charge on any atom is 0.237 e. The van der Waals surface area contributed by atoms with Gasteiger partial charge >= 0.3 is 0 Å². The first-order chi connectivity index (χ1) is 7.11. The number of amides is 1. The Kier molecular flexibility index (Phi) is 7.72. The van der Waals surface area contributed by atoms with Gasteiger partial charge in [0.15, 0.2) is 0 Å². The van der Waals surface area contributed by atoms with Crippen molar-refractivity contribution in [1.82, 2.24) is 5.32 Å². The van der Waals surface area contributed by atoms with E-state index in [9.17, 15) is 4.79 Å². The number of rotatable bonds is 4. The van der Waals surface area contributed by atoms with Crippen LogP contribution in [0.5, 0.6) is 0 Å². The third-order valence-corrected chi connectivity index (χ3v) is 2.93. The predicted molar refractivity (Wildman–Crippen MR) is 66.6 cm³/mol. The molecular weight excluding hydrogens is 228 g/mol. The van der Waals surface area contributed by atoms with Crippen molar-refractivity contribution < 1.29 is 9.53 Å². The van der Waals surface area contributed by atoms with Crippen molar-refractivity contribution in [3.05, 3.63) is 0 Å². The average molecular weight is 251 g/mol. The lowest BCUT2D eigenvalue weighted by atomic mass is 9.99. The van der Waals surface area contributed by atoms with Crippen molar-refractivity contribution >= 4 is 18.3 Å². The van der Waals surface area contributed by atoms with E-state index in [2.05, 4.69) is 5.32 Å². The fourth-order valence-electron chi connectivity index (χ4n) is 1.62. The monoisotopic (exact) mass is 250 g/mol. The molecule has 1 fully saturated rings. The largest absolute Gasteiger partial charge is 0.381 e. The highest BCUT2D eigenvalue weighted by Crippen LogP contribution is 2.13. The molecule has 16 heavy (non-hydrogen) atoms. The van der Waals surface area contributed by atoms with Gasteiger partial charge in [-0.3, -0.25) is 4.79 Å². The van der Waals surface area contributed by atoms with Crippen LogP contribution in [0.1, 0.15) is 26.7 Å². The minimum atomic E-state index is -0.384. The van der Waals surface area contributed by atoms with E-state index in [4.69, 9.17) is 10.5 Å². The molecule has 5 heteroatoms. The first kappa shape index (κ1) is 15.7. The van der Waals surface area contributed by atoms with Crippen LogP contribution in [-0.2, 0) is 9.53 Å². The molecule has 1 amide bonds. The van der Waals surface area contributed by atoms with Crippen LogP contribution in [0, 0.1) is 11.8 Å². The average Bonchev–Trinajstić information content (AvgIpc) is 2.26. The number of hydrogen-bond donors (Lipinski definition) is 2. The smallest absolute Gasteiger partial charge is 0.237 e. The highest BCUT2D eigenvalue weighted by molar-refractivity contribution is 5.85. The summed E-state index contributed by atoms with van der Waals surface area (Å²) in [6, 6.07) is -0.384. The van der Waals surface area contributed by atoms with Crippen LogP contribution in [0.15, 0.2) is 0 Å². The molecule has 1 aliphatic rings. The Morgan fingerprint density at radius 3 is 2.50 bits per heavy atom. The lowest BCUT2D eigenvalue weighted by Gasteiger charge is -2.23. The van der Waals surface area contributed by atoms with Gasteiger partial charge in [-0.2, -0.15) is 0 Å². The van der Waals surface area contributed by atoms with Gasteiger partial charge in [-0.15, -0.1) is 12.4 Å². The van der Waals surface area contributed by atoms with Gasteiger partial charge < -0.3 is 15.8 Å². The third-order valence-electron chi connectivity index (χ3n) is 2.93. The fraction of sp³-hybridized carbons (Fsp3) is 0.909. The molecule has 0 bridgehead atoms. The van der Waals surface area contributed by atoms with Gasteiger partial charge in [0.1, 0.15) is 0 Å². The van der Waals surface area contributed by atoms with Crippen LogP contribution in [0.4, 0.5) is 0 Å². The van der Waals surface area contributed by atoms with E-state index < -0.39 is 0 Å². The van der Waals surface area contributed by atoms with Crippen LogP contribution < -0.4 is 11.1 Å². The topological polar surface area (TPSA) is 64.4 Å². The number of carbonyl (C=O) groups excluding carboxylic acids is 1. The van der Waals surface area contributed by atoms with Gasteiger partial charge in [0.2, 0.25) is 5.91 Å². The van der Waals surface area contributed by atoms with Gasteiger partial charge in [0.25, 0.3) is 0 Å². The van der Waals surface area contributed by atoms with Crippen LogP contribution >= 0.6 is 12.4 Å². The molecule has 0 aromatic heterocycles. The van der Waals surface area contributed by atoms with Crippen molar-refractivity contribution in [2.24, 2.45) is 17.6 Å². The summed E-state index contributed by atoms with van der Waals surface area (Å²) in [5.74, 6) is 0.721. The van der Waals surface area contributed by atoms with Crippen molar-refractivity contribution in [2.45, 2.75) is 32.7 Å². The van der Waals surface area contributed by atoms with E-state index in [0.29, 0.717) is 5.92 Å². The summed E-state index contributed by atoms with van der Waals surface area (Å²) in [5.41, 5.74) is 5.74. The fourth-order valence-corrected chi connectivity index (χ4v) is 1.62.